The summed E-state index contributed by atoms with van der Waals surface area (Å²) >= 11 is 0. The van der Waals surface area contributed by atoms with Crippen LogP contribution in [0.25, 0.3) is 0 Å². The monoisotopic (exact) mass is 456 g/mol. The molecule has 10 heteroatoms. The fraction of sp³-hybridized carbons (Fsp3) is 0.409. The number of hydrogen-bond acceptors (Lipinski definition) is 6. The number of hydrogen-bond donors (Lipinski definition) is 0. The van der Waals surface area contributed by atoms with Crippen molar-refractivity contribution in [2.24, 2.45) is 0 Å². The lowest BCUT2D eigenvalue weighted by atomic mass is 10.00. The Morgan fingerprint density at radius 1 is 1.00 bits per heavy atom. The Balaban J connectivity index is 1.42. The first-order valence-electron chi connectivity index (χ1n) is 10.6. The molecule has 0 spiro atoms. The molecule has 3 heterocycles. The lowest BCUT2D eigenvalue weighted by Gasteiger charge is -2.40. The number of nitrogens with zero attached hydrogens (tertiary/aromatic N) is 4. The summed E-state index contributed by atoms with van der Waals surface area (Å²) in [5, 5.41) is 8.90. The molecule has 2 amide bonds. The highest BCUT2D eigenvalue weighted by Crippen LogP contribution is 2.24. The van der Waals surface area contributed by atoms with E-state index in [0.717, 1.165) is 12.8 Å². The second-order valence-corrected chi connectivity index (χ2v) is 9.79. The number of nitriles is 1. The predicted octanol–water partition coefficient (Wildman–Crippen LogP) is 1.68. The molecule has 0 N–H and O–H groups in total. The topological polar surface area (TPSA) is 115 Å². The van der Waals surface area contributed by atoms with Crippen LogP contribution in [-0.2, 0) is 14.8 Å². The normalized spacial score (nSPS) is 20.0. The molecule has 32 heavy (non-hydrogen) atoms. The van der Waals surface area contributed by atoms with Gasteiger partial charge in [0.05, 0.1) is 22.8 Å². The van der Waals surface area contributed by atoms with Gasteiger partial charge in [0.2, 0.25) is 15.9 Å². The van der Waals surface area contributed by atoms with Gasteiger partial charge in [0.25, 0.3) is 5.91 Å². The second kappa shape index (κ2) is 9.14. The number of amides is 2. The quantitative estimate of drug-likeness (QED) is 0.691. The fourth-order valence-electron chi connectivity index (χ4n) is 4.18. The van der Waals surface area contributed by atoms with Crippen molar-refractivity contribution in [3.63, 3.8) is 0 Å². The third-order valence-electron chi connectivity index (χ3n) is 5.95. The first-order valence-corrected chi connectivity index (χ1v) is 12.0. The van der Waals surface area contributed by atoms with Gasteiger partial charge in [-0.3, -0.25) is 9.59 Å². The fourth-order valence-corrected chi connectivity index (χ4v) is 5.61. The van der Waals surface area contributed by atoms with E-state index in [9.17, 15) is 18.0 Å². The van der Waals surface area contributed by atoms with Gasteiger partial charge in [-0.15, -0.1) is 0 Å². The zero-order valence-corrected chi connectivity index (χ0v) is 18.3. The van der Waals surface area contributed by atoms with E-state index in [0.29, 0.717) is 18.5 Å². The third-order valence-corrected chi connectivity index (χ3v) is 7.87. The largest absolute Gasteiger partial charge is 0.459 e. The van der Waals surface area contributed by atoms with Crippen molar-refractivity contribution in [1.29, 1.82) is 5.26 Å². The average Bonchev–Trinajstić information content (AvgIpc) is 3.38. The van der Waals surface area contributed by atoms with Gasteiger partial charge in [0.1, 0.15) is 6.04 Å². The predicted molar refractivity (Wildman–Crippen MR) is 114 cm³/mol. The number of piperazine rings is 1. The van der Waals surface area contributed by atoms with Crippen LogP contribution in [0.2, 0.25) is 0 Å². The Morgan fingerprint density at radius 2 is 1.72 bits per heavy atom. The summed E-state index contributed by atoms with van der Waals surface area (Å²) in [6.45, 7) is 1.35. The van der Waals surface area contributed by atoms with Crippen LogP contribution in [-0.4, -0.2) is 73.1 Å². The van der Waals surface area contributed by atoms with Crippen LogP contribution in [0.3, 0.4) is 0 Å². The Kier molecular flexibility index (Phi) is 6.30. The number of benzene rings is 1. The van der Waals surface area contributed by atoms with Crippen molar-refractivity contribution in [3.05, 3.63) is 54.0 Å². The van der Waals surface area contributed by atoms with Crippen molar-refractivity contribution in [2.75, 3.05) is 32.7 Å². The summed E-state index contributed by atoms with van der Waals surface area (Å²) in [6, 6.07) is 10.4. The molecule has 2 aliphatic rings. The van der Waals surface area contributed by atoms with E-state index in [2.05, 4.69) is 0 Å². The first kappa shape index (κ1) is 22.0. The number of likely N-dealkylation sites (tertiary alicyclic amines) is 1. The van der Waals surface area contributed by atoms with Gasteiger partial charge in [0, 0.05) is 32.7 Å². The summed E-state index contributed by atoms with van der Waals surface area (Å²) in [7, 11) is -3.71. The summed E-state index contributed by atoms with van der Waals surface area (Å²) < 4.78 is 32.4. The van der Waals surface area contributed by atoms with Crippen molar-refractivity contribution < 1.29 is 22.4 Å². The summed E-state index contributed by atoms with van der Waals surface area (Å²) in [6.07, 6.45) is 3.69. The highest BCUT2D eigenvalue weighted by Gasteiger charge is 2.38. The Bertz CT molecular complexity index is 1110. The molecule has 2 fully saturated rings. The average molecular weight is 457 g/mol. The molecule has 0 radical (unpaired) electrons. The van der Waals surface area contributed by atoms with Gasteiger partial charge in [-0.2, -0.15) is 9.57 Å². The molecule has 4 rings (SSSR count). The molecular weight excluding hydrogens is 432 g/mol. The van der Waals surface area contributed by atoms with Crippen LogP contribution in [0.15, 0.2) is 52.0 Å². The second-order valence-electron chi connectivity index (χ2n) is 7.85. The van der Waals surface area contributed by atoms with Crippen LogP contribution in [0.4, 0.5) is 0 Å². The van der Waals surface area contributed by atoms with Crippen LogP contribution in [0.5, 0.6) is 0 Å². The van der Waals surface area contributed by atoms with Crippen LogP contribution < -0.4 is 0 Å². The summed E-state index contributed by atoms with van der Waals surface area (Å²) in [4.78, 5) is 29.4. The lowest BCUT2D eigenvalue weighted by Crippen LogP contribution is -2.57. The number of sulfonamides is 1. The van der Waals surface area contributed by atoms with Crippen molar-refractivity contribution >= 4 is 21.8 Å². The molecule has 9 nitrogen and oxygen atoms in total. The highest BCUT2D eigenvalue weighted by molar-refractivity contribution is 7.89. The van der Waals surface area contributed by atoms with Gasteiger partial charge in [-0.05, 0) is 55.7 Å². The van der Waals surface area contributed by atoms with E-state index >= 15 is 0 Å². The third kappa shape index (κ3) is 4.26. The molecular formula is C22H24N4O5S. The summed E-state index contributed by atoms with van der Waals surface area (Å²) in [5.41, 5.74) is 0.389. The maximum Gasteiger partial charge on any atom is 0.290 e. The zero-order valence-electron chi connectivity index (χ0n) is 17.5. The Labute approximate surface area is 186 Å². The molecule has 2 aromatic rings. The minimum Gasteiger partial charge on any atom is -0.459 e. The van der Waals surface area contributed by atoms with Crippen LogP contribution in [0, 0.1) is 11.3 Å². The molecule has 2 aliphatic heterocycles. The van der Waals surface area contributed by atoms with E-state index in [1.165, 1.54) is 34.8 Å². The first-order chi connectivity index (χ1) is 15.4. The smallest absolute Gasteiger partial charge is 0.290 e. The molecule has 0 aliphatic carbocycles. The van der Waals surface area contributed by atoms with Crippen molar-refractivity contribution in [3.8, 4) is 6.07 Å². The molecule has 1 aromatic heterocycles. The molecule has 1 atom stereocenters. The molecule has 0 bridgehead atoms. The zero-order chi connectivity index (χ0) is 22.7. The Hall–Kier alpha value is -3.16. The van der Waals surface area contributed by atoms with Gasteiger partial charge in [0.15, 0.2) is 5.76 Å². The van der Waals surface area contributed by atoms with Gasteiger partial charge >= 0.3 is 0 Å². The van der Waals surface area contributed by atoms with E-state index < -0.39 is 16.1 Å². The minimum atomic E-state index is -3.71. The molecule has 168 valence electrons. The standard InChI is InChI=1S/C22H24N4O5S/c23-16-17-6-8-18(9-7-17)32(29,30)25-13-11-24(12-14-25)21(27)19-4-1-2-10-26(19)22(28)20-5-3-15-31-20/h3,5-9,15,19H,1-2,4,10-14H2. The highest BCUT2D eigenvalue weighted by atomic mass is 32.2. The summed E-state index contributed by atoms with van der Waals surface area (Å²) in [5.74, 6) is -0.238. The van der Waals surface area contributed by atoms with Gasteiger partial charge in [-0.1, -0.05) is 0 Å². The van der Waals surface area contributed by atoms with E-state index in [-0.39, 0.29) is 48.6 Å². The number of piperidine rings is 1. The SMILES string of the molecule is N#Cc1ccc(S(=O)(=O)N2CCN(C(=O)C3CCCCN3C(=O)c3ccco3)CC2)cc1. The lowest BCUT2D eigenvalue weighted by molar-refractivity contribution is -0.138. The molecule has 1 unspecified atom stereocenters. The van der Waals surface area contributed by atoms with Crippen LogP contribution in [0.1, 0.15) is 35.4 Å². The number of carbonyl (C=O) groups is 2. The maximum atomic E-state index is 13.2. The minimum absolute atomic E-state index is 0.124. The van der Waals surface area contributed by atoms with E-state index in [4.69, 9.17) is 9.68 Å². The van der Waals surface area contributed by atoms with Gasteiger partial charge < -0.3 is 14.2 Å². The van der Waals surface area contributed by atoms with E-state index in [1.807, 2.05) is 6.07 Å². The molecule has 1 aromatic carbocycles. The number of furan rings is 1. The molecule has 2 saturated heterocycles. The molecule has 0 saturated carbocycles. The van der Waals surface area contributed by atoms with Crippen molar-refractivity contribution in [1.82, 2.24) is 14.1 Å². The van der Waals surface area contributed by atoms with Crippen LogP contribution >= 0.6 is 0 Å². The number of carbonyl (C=O) groups excluding carboxylic acids is 2. The van der Waals surface area contributed by atoms with E-state index in [1.54, 1.807) is 21.9 Å². The van der Waals surface area contributed by atoms with Gasteiger partial charge in [-0.25, -0.2) is 8.42 Å². The number of rotatable bonds is 4. The Morgan fingerprint density at radius 3 is 2.34 bits per heavy atom. The maximum absolute atomic E-state index is 13.2. The van der Waals surface area contributed by atoms with Crippen molar-refractivity contribution in [2.45, 2.75) is 30.2 Å².